The van der Waals surface area contributed by atoms with Gasteiger partial charge in [0.2, 0.25) is 11.8 Å². The van der Waals surface area contributed by atoms with Crippen LogP contribution in [0.1, 0.15) is 37.9 Å². The third kappa shape index (κ3) is 6.59. The first-order valence-electron chi connectivity index (χ1n) is 8.80. The van der Waals surface area contributed by atoms with Crippen LogP contribution in [0.5, 0.6) is 5.75 Å². The molecule has 0 aliphatic rings. The normalized spacial score (nSPS) is 11.7. The summed E-state index contributed by atoms with van der Waals surface area (Å²) < 4.78 is 5.61. The van der Waals surface area contributed by atoms with Crippen LogP contribution in [0.25, 0.3) is 0 Å². The second kappa shape index (κ2) is 9.61. The van der Waals surface area contributed by atoms with Gasteiger partial charge < -0.3 is 15.4 Å². The van der Waals surface area contributed by atoms with Crippen molar-refractivity contribution in [3.05, 3.63) is 65.7 Å². The highest BCUT2D eigenvalue weighted by atomic mass is 16.5. The van der Waals surface area contributed by atoms with Gasteiger partial charge in [-0.3, -0.25) is 9.59 Å². The van der Waals surface area contributed by atoms with Crippen molar-refractivity contribution in [3.8, 4) is 5.75 Å². The van der Waals surface area contributed by atoms with E-state index in [9.17, 15) is 9.59 Å². The lowest BCUT2D eigenvalue weighted by Crippen LogP contribution is -2.38. The Balaban J connectivity index is 1.77. The molecule has 0 fully saturated rings. The lowest BCUT2D eigenvalue weighted by atomic mass is 10.1. The van der Waals surface area contributed by atoms with Gasteiger partial charge in [0.15, 0.2) is 0 Å². The lowest BCUT2D eigenvalue weighted by molar-refractivity contribution is -0.126. The van der Waals surface area contributed by atoms with Gasteiger partial charge in [0, 0.05) is 0 Å². The zero-order chi connectivity index (χ0) is 18.9. The van der Waals surface area contributed by atoms with Gasteiger partial charge in [0.05, 0.1) is 25.1 Å². The van der Waals surface area contributed by atoms with Gasteiger partial charge in [-0.05, 0) is 44.0 Å². The fourth-order valence-corrected chi connectivity index (χ4v) is 2.51. The predicted molar refractivity (Wildman–Crippen MR) is 102 cm³/mol. The van der Waals surface area contributed by atoms with Crippen molar-refractivity contribution >= 4 is 11.8 Å². The zero-order valence-electron chi connectivity index (χ0n) is 15.5. The van der Waals surface area contributed by atoms with Crippen LogP contribution in [-0.4, -0.2) is 24.5 Å². The van der Waals surface area contributed by atoms with Crippen molar-refractivity contribution in [1.29, 1.82) is 0 Å². The molecule has 2 amide bonds. The maximum absolute atomic E-state index is 12.0. The van der Waals surface area contributed by atoms with Gasteiger partial charge in [-0.1, -0.05) is 42.5 Å². The van der Waals surface area contributed by atoms with Crippen molar-refractivity contribution in [2.45, 2.75) is 39.3 Å². The van der Waals surface area contributed by atoms with Crippen LogP contribution < -0.4 is 15.4 Å². The van der Waals surface area contributed by atoms with Gasteiger partial charge in [-0.15, -0.1) is 0 Å². The first kappa shape index (κ1) is 19.5. The summed E-state index contributed by atoms with van der Waals surface area (Å²) in [5.41, 5.74) is 1.90. The van der Waals surface area contributed by atoms with Gasteiger partial charge in [-0.2, -0.15) is 0 Å². The van der Waals surface area contributed by atoms with E-state index in [1.165, 1.54) is 0 Å². The van der Waals surface area contributed by atoms with E-state index in [-0.39, 0.29) is 36.9 Å². The molecular weight excluding hydrogens is 328 g/mol. The molecule has 2 rings (SSSR count). The van der Waals surface area contributed by atoms with Crippen LogP contribution in [0.3, 0.4) is 0 Å². The molecule has 5 heteroatoms. The molecule has 0 radical (unpaired) electrons. The number of rotatable bonds is 8. The molecule has 2 N–H and O–H groups in total. The highest BCUT2D eigenvalue weighted by Gasteiger charge is 2.11. The van der Waals surface area contributed by atoms with E-state index in [1.807, 2.05) is 75.4 Å². The Labute approximate surface area is 154 Å². The molecule has 26 heavy (non-hydrogen) atoms. The molecule has 138 valence electrons. The molecule has 0 saturated carbocycles. The summed E-state index contributed by atoms with van der Waals surface area (Å²) in [6.07, 6.45) is 0.388. The summed E-state index contributed by atoms with van der Waals surface area (Å²) in [7, 11) is 0. The molecule has 2 aromatic carbocycles. The van der Waals surface area contributed by atoms with E-state index >= 15 is 0 Å². The van der Waals surface area contributed by atoms with Crippen LogP contribution in [0.4, 0.5) is 0 Å². The van der Waals surface area contributed by atoms with Crippen LogP contribution in [0.2, 0.25) is 0 Å². The summed E-state index contributed by atoms with van der Waals surface area (Å²) >= 11 is 0. The SMILES string of the molecule is CC(C)Oc1ccc(C(C)NC(=O)CNC(=O)Cc2ccccc2)cc1. The number of nitrogens with one attached hydrogen (secondary N) is 2. The van der Waals surface area contributed by atoms with E-state index in [0.29, 0.717) is 0 Å². The number of carbonyl (C=O) groups is 2. The largest absolute Gasteiger partial charge is 0.491 e. The van der Waals surface area contributed by atoms with Crippen LogP contribution in [-0.2, 0) is 16.0 Å². The minimum absolute atomic E-state index is 0.0372. The smallest absolute Gasteiger partial charge is 0.239 e. The highest BCUT2D eigenvalue weighted by Crippen LogP contribution is 2.18. The number of hydrogen-bond acceptors (Lipinski definition) is 3. The molecule has 0 saturated heterocycles. The van der Waals surface area contributed by atoms with E-state index in [2.05, 4.69) is 10.6 Å². The summed E-state index contributed by atoms with van der Waals surface area (Å²) in [6, 6.07) is 16.9. The fraction of sp³-hybridized carbons (Fsp3) is 0.333. The fourth-order valence-electron chi connectivity index (χ4n) is 2.51. The zero-order valence-corrected chi connectivity index (χ0v) is 15.5. The second-order valence-corrected chi connectivity index (χ2v) is 6.46. The predicted octanol–water partition coefficient (Wildman–Crippen LogP) is 3.01. The maximum atomic E-state index is 12.0. The monoisotopic (exact) mass is 354 g/mol. The van der Waals surface area contributed by atoms with Crippen LogP contribution in [0.15, 0.2) is 54.6 Å². The van der Waals surface area contributed by atoms with Crippen molar-refractivity contribution < 1.29 is 14.3 Å². The number of carbonyl (C=O) groups excluding carboxylic acids is 2. The molecule has 0 aromatic heterocycles. The number of benzene rings is 2. The molecule has 1 unspecified atom stereocenters. The number of ether oxygens (including phenoxy) is 1. The van der Waals surface area contributed by atoms with Crippen molar-refractivity contribution in [2.75, 3.05) is 6.54 Å². The quantitative estimate of drug-likeness (QED) is 0.766. The average molecular weight is 354 g/mol. The molecule has 0 bridgehead atoms. The highest BCUT2D eigenvalue weighted by molar-refractivity contribution is 5.85. The number of hydrogen-bond donors (Lipinski definition) is 2. The Hall–Kier alpha value is -2.82. The Bertz CT molecular complexity index is 712. The Kier molecular flexibility index (Phi) is 7.21. The molecule has 2 aromatic rings. The standard InChI is InChI=1S/C21H26N2O3/c1-15(2)26-19-11-9-18(10-12-19)16(3)23-21(25)14-22-20(24)13-17-7-5-4-6-8-17/h4-12,15-16H,13-14H2,1-3H3,(H,22,24)(H,23,25). The first-order valence-corrected chi connectivity index (χ1v) is 8.80. The van der Waals surface area contributed by atoms with Gasteiger partial charge in [0.25, 0.3) is 0 Å². The molecule has 1 atom stereocenters. The van der Waals surface area contributed by atoms with E-state index < -0.39 is 0 Å². The molecule has 0 heterocycles. The summed E-state index contributed by atoms with van der Waals surface area (Å²) in [4.78, 5) is 23.9. The Morgan fingerprint density at radius 1 is 0.923 bits per heavy atom. The van der Waals surface area contributed by atoms with Gasteiger partial charge in [0.1, 0.15) is 5.75 Å². The summed E-state index contributed by atoms with van der Waals surface area (Å²) in [5, 5.41) is 5.53. The minimum atomic E-state index is -0.221. The summed E-state index contributed by atoms with van der Waals surface area (Å²) in [6.45, 7) is 5.82. The topological polar surface area (TPSA) is 67.4 Å². The minimum Gasteiger partial charge on any atom is -0.491 e. The average Bonchev–Trinajstić information content (AvgIpc) is 2.61. The van der Waals surface area contributed by atoms with Gasteiger partial charge >= 0.3 is 0 Å². The maximum Gasteiger partial charge on any atom is 0.239 e. The van der Waals surface area contributed by atoms with Crippen molar-refractivity contribution in [3.63, 3.8) is 0 Å². The molecule has 0 aliphatic heterocycles. The van der Waals surface area contributed by atoms with Crippen molar-refractivity contribution in [2.24, 2.45) is 0 Å². The summed E-state index contributed by atoms with van der Waals surface area (Å²) in [5.74, 6) is 0.408. The Morgan fingerprint density at radius 2 is 1.58 bits per heavy atom. The van der Waals surface area contributed by atoms with Crippen LogP contribution in [0, 0.1) is 0 Å². The van der Waals surface area contributed by atoms with Crippen molar-refractivity contribution in [1.82, 2.24) is 10.6 Å². The van der Waals surface area contributed by atoms with E-state index in [4.69, 9.17) is 4.74 Å². The third-order valence-corrected chi connectivity index (χ3v) is 3.78. The van der Waals surface area contributed by atoms with E-state index in [0.717, 1.165) is 16.9 Å². The number of amides is 2. The Morgan fingerprint density at radius 3 is 2.19 bits per heavy atom. The lowest BCUT2D eigenvalue weighted by Gasteiger charge is -2.16. The van der Waals surface area contributed by atoms with Gasteiger partial charge in [-0.25, -0.2) is 0 Å². The molecule has 0 spiro atoms. The second-order valence-electron chi connectivity index (χ2n) is 6.46. The first-order chi connectivity index (χ1) is 12.4. The molecule has 5 nitrogen and oxygen atoms in total. The third-order valence-electron chi connectivity index (χ3n) is 3.78. The van der Waals surface area contributed by atoms with E-state index in [1.54, 1.807) is 0 Å². The molecule has 0 aliphatic carbocycles. The molecular formula is C21H26N2O3. The van der Waals surface area contributed by atoms with Crippen LogP contribution >= 0.6 is 0 Å².